The lowest BCUT2D eigenvalue weighted by molar-refractivity contribution is 0.128. The van der Waals surface area contributed by atoms with Crippen molar-refractivity contribution in [3.05, 3.63) is 11.7 Å². The molecule has 1 aliphatic rings. The zero-order valence-corrected chi connectivity index (χ0v) is 14.3. The van der Waals surface area contributed by atoms with Gasteiger partial charge in [-0.15, -0.1) is 0 Å². The van der Waals surface area contributed by atoms with E-state index in [9.17, 15) is 0 Å². The minimum absolute atomic E-state index is 0.416. The molecule has 1 aromatic heterocycles. The zero-order chi connectivity index (χ0) is 16.5. The molecule has 0 radical (unpaired) electrons. The zero-order valence-electron chi connectivity index (χ0n) is 14.3. The topological polar surface area (TPSA) is 87.8 Å². The van der Waals surface area contributed by atoms with E-state index in [2.05, 4.69) is 37.6 Å². The first kappa shape index (κ1) is 17.7. The third-order valence-electron chi connectivity index (χ3n) is 3.83. The van der Waals surface area contributed by atoms with Crippen LogP contribution in [0.25, 0.3) is 0 Å². The highest BCUT2D eigenvalue weighted by Crippen LogP contribution is 2.10. The molecule has 1 aliphatic heterocycles. The Kier molecular flexibility index (Phi) is 7.28. The van der Waals surface area contributed by atoms with E-state index in [1.54, 1.807) is 14.0 Å². The van der Waals surface area contributed by atoms with Crippen molar-refractivity contribution in [2.45, 2.75) is 39.3 Å². The Bertz CT molecular complexity index is 482. The molecule has 23 heavy (non-hydrogen) atoms. The molecule has 0 amide bonds. The molecule has 2 heterocycles. The summed E-state index contributed by atoms with van der Waals surface area (Å²) in [5, 5.41) is 10.6. The third-order valence-corrected chi connectivity index (χ3v) is 3.83. The second-order valence-corrected chi connectivity index (χ2v) is 5.68. The lowest BCUT2D eigenvalue weighted by atomic mass is 10.1. The van der Waals surface area contributed by atoms with Crippen LogP contribution in [0.2, 0.25) is 0 Å². The minimum Gasteiger partial charge on any atom is -0.383 e. The summed E-state index contributed by atoms with van der Waals surface area (Å²) in [7, 11) is 1.75. The van der Waals surface area contributed by atoms with E-state index in [1.807, 2.05) is 0 Å². The number of rotatable bonds is 7. The molecule has 0 saturated carbocycles. The number of nitrogens with one attached hydrogen (secondary N) is 2. The van der Waals surface area contributed by atoms with Gasteiger partial charge in [0.2, 0.25) is 5.89 Å². The van der Waals surface area contributed by atoms with Crippen molar-refractivity contribution in [3.63, 3.8) is 0 Å². The number of guanidine groups is 1. The molecule has 8 heteroatoms. The summed E-state index contributed by atoms with van der Waals surface area (Å²) in [6.45, 7) is 9.06. The maximum Gasteiger partial charge on any atom is 0.223 e. The van der Waals surface area contributed by atoms with Gasteiger partial charge < -0.3 is 24.8 Å². The number of methoxy groups -OCH3 is 1. The lowest BCUT2D eigenvalue weighted by Gasteiger charge is -2.32. The summed E-state index contributed by atoms with van der Waals surface area (Å²) in [4.78, 5) is 11.1. The normalized spacial score (nSPS) is 17.4. The van der Waals surface area contributed by atoms with Gasteiger partial charge in [-0.25, -0.2) is 4.99 Å². The Morgan fingerprint density at radius 2 is 2.22 bits per heavy atom. The summed E-state index contributed by atoms with van der Waals surface area (Å²) < 4.78 is 10.1. The van der Waals surface area contributed by atoms with Crippen LogP contribution in [0.3, 0.4) is 0 Å². The second-order valence-electron chi connectivity index (χ2n) is 5.68. The first-order chi connectivity index (χ1) is 11.2. The van der Waals surface area contributed by atoms with Gasteiger partial charge in [-0.3, -0.25) is 0 Å². The molecular formula is C15H28N6O2. The number of nitrogens with zero attached hydrogens (tertiary/aromatic N) is 4. The van der Waals surface area contributed by atoms with E-state index in [0.29, 0.717) is 24.3 Å². The number of ether oxygens (including phenoxy) is 1. The molecule has 0 atom stereocenters. The van der Waals surface area contributed by atoms with Crippen molar-refractivity contribution in [3.8, 4) is 0 Å². The fraction of sp³-hybridized carbons (Fsp3) is 0.800. The Balaban J connectivity index is 1.80. The highest BCUT2D eigenvalue weighted by atomic mass is 16.5. The van der Waals surface area contributed by atoms with Crippen LogP contribution in [0.1, 0.15) is 31.5 Å². The van der Waals surface area contributed by atoms with Crippen molar-refractivity contribution in [2.75, 3.05) is 39.9 Å². The van der Waals surface area contributed by atoms with E-state index >= 15 is 0 Å². The number of hydrogen-bond acceptors (Lipinski definition) is 6. The number of hydrogen-bond donors (Lipinski definition) is 2. The molecule has 0 aliphatic carbocycles. The SMILES string of the molecule is CCNC(=NCc1noc(C)n1)NC1CCN(CCOC)CC1. The van der Waals surface area contributed by atoms with Gasteiger partial charge in [0.05, 0.1) is 6.61 Å². The molecule has 1 fully saturated rings. The van der Waals surface area contributed by atoms with Gasteiger partial charge >= 0.3 is 0 Å². The standard InChI is InChI=1S/C15H28N6O2/c1-4-16-15(17-11-14-18-12(2)23-20-14)19-13-5-7-21(8-6-13)9-10-22-3/h13H,4-11H2,1-3H3,(H2,16,17,19). The van der Waals surface area contributed by atoms with Crippen LogP contribution >= 0.6 is 0 Å². The molecule has 1 aromatic rings. The molecule has 130 valence electrons. The first-order valence-electron chi connectivity index (χ1n) is 8.26. The monoisotopic (exact) mass is 324 g/mol. The molecule has 2 N–H and O–H groups in total. The number of likely N-dealkylation sites (tertiary alicyclic amines) is 1. The van der Waals surface area contributed by atoms with E-state index in [4.69, 9.17) is 9.26 Å². The lowest BCUT2D eigenvalue weighted by Crippen LogP contribution is -2.49. The Morgan fingerprint density at radius 3 is 2.83 bits per heavy atom. The average molecular weight is 324 g/mol. The van der Waals surface area contributed by atoms with Crippen LogP contribution in [-0.2, 0) is 11.3 Å². The van der Waals surface area contributed by atoms with Gasteiger partial charge in [-0.1, -0.05) is 5.16 Å². The van der Waals surface area contributed by atoms with Gasteiger partial charge in [-0.2, -0.15) is 4.98 Å². The molecule has 8 nitrogen and oxygen atoms in total. The van der Waals surface area contributed by atoms with E-state index in [1.165, 1.54) is 0 Å². The Hall–Kier alpha value is -1.67. The summed E-state index contributed by atoms with van der Waals surface area (Å²) in [6, 6.07) is 0.443. The number of aryl methyl sites for hydroxylation is 1. The van der Waals surface area contributed by atoms with Crippen LogP contribution in [0, 0.1) is 6.92 Å². The van der Waals surface area contributed by atoms with E-state index in [-0.39, 0.29) is 0 Å². The highest BCUT2D eigenvalue weighted by molar-refractivity contribution is 5.80. The summed E-state index contributed by atoms with van der Waals surface area (Å²) >= 11 is 0. The molecule has 0 aromatic carbocycles. The van der Waals surface area contributed by atoms with E-state index in [0.717, 1.165) is 51.6 Å². The third kappa shape index (κ3) is 6.15. The fourth-order valence-corrected chi connectivity index (χ4v) is 2.59. The molecular weight excluding hydrogens is 296 g/mol. The van der Waals surface area contributed by atoms with Crippen LogP contribution in [-0.4, -0.2) is 66.9 Å². The number of aliphatic imine (C=N–C) groups is 1. The van der Waals surface area contributed by atoms with Crippen molar-refractivity contribution < 1.29 is 9.26 Å². The van der Waals surface area contributed by atoms with Gasteiger partial charge in [0.25, 0.3) is 0 Å². The molecule has 0 spiro atoms. The van der Waals surface area contributed by atoms with Crippen LogP contribution in [0.4, 0.5) is 0 Å². The van der Waals surface area contributed by atoms with Gasteiger partial charge in [0.1, 0.15) is 6.54 Å². The summed E-state index contributed by atoms with van der Waals surface area (Å²) in [5.74, 6) is 1.98. The number of piperidine rings is 1. The summed E-state index contributed by atoms with van der Waals surface area (Å²) in [6.07, 6.45) is 2.21. The van der Waals surface area contributed by atoms with Crippen molar-refractivity contribution >= 4 is 5.96 Å². The largest absolute Gasteiger partial charge is 0.383 e. The Labute approximate surface area is 137 Å². The van der Waals surface area contributed by atoms with Crippen LogP contribution in [0.15, 0.2) is 9.52 Å². The minimum atomic E-state index is 0.416. The Morgan fingerprint density at radius 1 is 1.43 bits per heavy atom. The smallest absolute Gasteiger partial charge is 0.223 e. The molecule has 0 unspecified atom stereocenters. The summed E-state index contributed by atoms with van der Waals surface area (Å²) in [5.41, 5.74) is 0. The van der Waals surface area contributed by atoms with Crippen molar-refractivity contribution in [1.29, 1.82) is 0 Å². The van der Waals surface area contributed by atoms with Crippen LogP contribution < -0.4 is 10.6 Å². The fourth-order valence-electron chi connectivity index (χ4n) is 2.59. The highest BCUT2D eigenvalue weighted by Gasteiger charge is 2.19. The van der Waals surface area contributed by atoms with Crippen molar-refractivity contribution in [1.82, 2.24) is 25.7 Å². The van der Waals surface area contributed by atoms with Crippen LogP contribution in [0.5, 0.6) is 0 Å². The first-order valence-corrected chi connectivity index (χ1v) is 8.26. The molecule has 0 bridgehead atoms. The maximum atomic E-state index is 5.14. The van der Waals surface area contributed by atoms with Gasteiger partial charge in [0.15, 0.2) is 11.8 Å². The van der Waals surface area contributed by atoms with Crippen molar-refractivity contribution in [2.24, 2.45) is 4.99 Å². The predicted molar refractivity (Wildman–Crippen MR) is 88.3 cm³/mol. The van der Waals surface area contributed by atoms with E-state index < -0.39 is 0 Å². The molecule has 2 rings (SSSR count). The number of aromatic nitrogens is 2. The predicted octanol–water partition coefficient (Wildman–Crippen LogP) is 0.544. The molecule has 1 saturated heterocycles. The van der Waals surface area contributed by atoms with Gasteiger partial charge in [0, 0.05) is 46.3 Å². The second kappa shape index (κ2) is 9.46. The van der Waals surface area contributed by atoms with Gasteiger partial charge in [-0.05, 0) is 19.8 Å². The quantitative estimate of drug-likeness (QED) is 0.559. The average Bonchev–Trinajstić information content (AvgIpc) is 2.98. The maximum absolute atomic E-state index is 5.14.